The number of benzene rings is 1. The number of hydrogen-bond donors (Lipinski definition) is 0. The molecule has 1 nitrogen and oxygen atoms in total. The van der Waals surface area contributed by atoms with Crippen molar-refractivity contribution in [2.75, 3.05) is 18.6 Å². The van der Waals surface area contributed by atoms with Crippen LogP contribution < -0.4 is 4.74 Å². The first-order valence-electron chi connectivity index (χ1n) is 6.02. The molecule has 0 saturated heterocycles. The van der Waals surface area contributed by atoms with Crippen molar-refractivity contribution >= 4 is 11.8 Å². The Kier molecular flexibility index (Phi) is 5.83. The molecule has 96 valence electrons. The Labute approximate surface area is 108 Å². The lowest BCUT2D eigenvalue weighted by atomic mass is 9.99. The molecule has 0 aliphatic carbocycles. The maximum Gasteiger partial charge on any atom is 0.168 e. The van der Waals surface area contributed by atoms with E-state index in [2.05, 4.69) is 6.26 Å². The quantitative estimate of drug-likeness (QED) is 0.708. The SMILES string of the molecule is CCc1c(C)cc(OCCCSC)c(F)c1C. The Morgan fingerprint density at radius 3 is 2.65 bits per heavy atom. The molecule has 1 aromatic rings. The van der Waals surface area contributed by atoms with Crippen molar-refractivity contribution in [1.29, 1.82) is 0 Å². The van der Waals surface area contributed by atoms with Gasteiger partial charge in [-0.15, -0.1) is 0 Å². The summed E-state index contributed by atoms with van der Waals surface area (Å²) in [5.74, 6) is 1.25. The van der Waals surface area contributed by atoms with Crippen LogP contribution in [0.5, 0.6) is 5.75 Å². The third-order valence-corrected chi connectivity index (χ3v) is 3.62. The predicted octanol–water partition coefficient (Wildman–Crippen LogP) is 4.14. The van der Waals surface area contributed by atoms with Gasteiger partial charge >= 0.3 is 0 Å². The van der Waals surface area contributed by atoms with Gasteiger partial charge in [0.1, 0.15) is 0 Å². The van der Waals surface area contributed by atoms with Gasteiger partial charge in [0.15, 0.2) is 11.6 Å². The van der Waals surface area contributed by atoms with Gasteiger partial charge in [0.2, 0.25) is 0 Å². The zero-order valence-electron chi connectivity index (χ0n) is 11.1. The molecular formula is C14H21FOS. The van der Waals surface area contributed by atoms with Crippen molar-refractivity contribution < 1.29 is 9.13 Å². The summed E-state index contributed by atoms with van der Waals surface area (Å²) in [6, 6.07) is 1.82. The standard InChI is InChI=1S/C14H21FOS/c1-5-12-10(2)9-13(14(15)11(12)3)16-7-6-8-17-4/h9H,5-8H2,1-4H3. The maximum atomic E-state index is 14.0. The first-order chi connectivity index (χ1) is 8.11. The number of rotatable bonds is 6. The van der Waals surface area contributed by atoms with Gasteiger partial charge in [-0.25, -0.2) is 4.39 Å². The highest BCUT2D eigenvalue weighted by atomic mass is 32.2. The van der Waals surface area contributed by atoms with Crippen LogP contribution in [0.4, 0.5) is 4.39 Å². The lowest BCUT2D eigenvalue weighted by Gasteiger charge is -2.14. The molecule has 0 fully saturated rings. The highest BCUT2D eigenvalue weighted by molar-refractivity contribution is 7.98. The summed E-state index contributed by atoms with van der Waals surface area (Å²) in [5, 5.41) is 0. The van der Waals surface area contributed by atoms with Gasteiger partial charge in [0.25, 0.3) is 0 Å². The predicted molar refractivity (Wildman–Crippen MR) is 73.7 cm³/mol. The Bertz CT molecular complexity index is 377. The molecule has 0 amide bonds. The first-order valence-corrected chi connectivity index (χ1v) is 7.41. The topological polar surface area (TPSA) is 9.23 Å². The molecule has 3 heteroatoms. The van der Waals surface area contributed by atoms with Gasteiger partial charge in [-0.3, -0.25) is 0 Å². The molecule has 1 rings (SSSR count). The van der Waals surface area contributed by atoms with Crippen LogP contribution >= 0.6 is 11.8 Å². The van der Waals surface area contributed by atoms with E-state index in [1.807, 2.05) is 26.8 Å². The summed E-state index contributed by atoms with van der Waals surface area (Å²) in [6.07, 6.45) is 3.88. The molecule has 17 heavy (non-hydrogen) atoms. The lowest BCUT2D eigenvalue weighted by molar-refractivity contribution is 0.301. The van der Waals surface area contributed by atoms with Crippen molar-refractivity contribution in [2.24, 2.45) is 0 Å². The van der Waals surface area contributed by atoms with Gasteiger partial charge in [-0.2, -0.15) is 11.8 Å². The van der Waals surface area contributed by atoms with Crippen LogP contribution in [0, 0.1) is 19.7 Å². The highest BCUT2D eigenvalue weighted by Gasteiger charge is 2.12. The largest absolute Gasteiger partial charge is 0.490 e. The van der Waals surface area contributed by atoms with Crippen LogP contribution in [-0.4, -0.2) is 18.6 Å². The van der Waals surface area contributed by atoms with Gasteiger partial charge in [0, 0.05) is 0 Å². The van der Waals surface area contributed by atoms with Gasteiger partial charge in [-0.05, 0) is 61.5 Å². The average molecular weight is 256 g/mol. The molecule has 1 aromatic carbocycles. The van der Waals surface area contributed by atoms with Crippen molar-refractivity contribution in [2.45, 2.75) is 33.6 Å². The number of aryl methyl sites for hydroxylation is 1. The molecule has 0 atom stereocenters. The fourth-order valence-corrected chi connectivity index (χ4v) is 2.40. The fraction of sp³-hybridized carbons (Fsp3) is 0.571. The van der Waals surface area contributed by atoms with E-state index in [9.17, 15) is 4.39 Å². The summed E-state index contributed by atoms with van der Waals surface area (Å²) in [6.45, 7) is 6.48. The van der Waals surface area contributed by atoms with E-state index >= 15 is 0 Å². The number of halogens is 1. The second-order valence-corrected chi connectivity index (χ2v) is 5.14. The molecule has 0 spiro atoms. The first kappa shape index (κ1) is 14.4. The molecule has 0 aliphatic rings. The molecule has 0 unspecified atom stereocenters. The zero-order chi connectivity index (χ0) is 12.8. The van der Waals surface area contributed by atoms with Crippen LogP contribution in [0.2, 0.25) is 0 Å². The summed E-state index contributed by atoms with van der Waals surface area (Å²) in [4.78, 5) is 0. The normalized spacial score (nSPS) is 10.6. The Morgan fingerprint density at radius 2 is 2.06 bits per heavy atom. The molecule has 0 bridgehead atoms. The van der Waals surface area contributed by atoms with Crippen molar-refractivity contribution in [1.82, 2.24) is 0 Å². The van der Waals surface area contributed by atoms with Crippen molar-refractivity contribution in [3.8, 4) is 5.75 Å². The van der Waals surface area contributed by atoms with Gasteiger partial charge in [0.05, 0.1) is 6.61 Å². The van der Waals surface area contributed by atoms with Crippen LogP contribution in [0.3, 0.4) is 0 Å². The maximum absolute atomic E-state index is 14.0. The Morgan fingerprint density at radius 1 is 1.35 bits per heavy atom. The van der Waals surface area contributed by atoms with E-state index in [0.717, 1.165) is 35.3 Å². The molecule has 0 N–H and O–H groups in total. The highest BCUT2D eigenvalue weighted by Crippen LogP contribution is 2.27. The Balaban J connectivity index is 2.80. The molecule has 0 heterocycles. The van der Waals surface area contributed by atoms with E-state index in [1.165, 1.54) is 0 Å². The number of ether oxygens (including phenoxy) is 1. The molecule has 0 radical (unpaired) electrons. The summed E-state index contributed by atoms with van der Waals surface area (Å²) < 4.78 is 19.5. The van der Waals surface area contributed by atoms with E-state index in [1.54, 1.807) is 11.8 Å². The number of hydrogen-bond acceptors (Lipinski definition) is 2. The van der Waals surface area contributed by atoms with Crippen LogP contribution in [0.1, 0.15) is 30.0 Å². The van der Waals surface area contributed by atoms with Crippen LogP contribution in [-0.2, 0) is 6.42 Å². The average Bonchev–Trinajstić information content (AvgIpc) is 2.31. The van der Waals surface area contributed by atoms with E-state index < -0.39 is 0 Å². The lowest BCUT2D eigenvalue weighted by Crippen LogP contribution is -2.04. The van der Waals surface area contributed by atoms with E-state index in [-0.39, 0.29) is 5.82 Å². The third-order valence-electron chi connectivity index (χ3n) is 2.93. The molecule has 0 aromatic heterocycles. The van der Waals surface area contributed by atoms with E-state index in [0.29, 0.717) is 12.4 Å². The summed E-state index contributed by atoms with van der Waals surface area (Å²) in [7, 11) is 0. The number of thioether (sulfide) groups is 1. The molecular weight excluding hydrogens is 235 g/mol. The Hall–Kier alpha value is -0.700. The summed E-state index contributed by atoms with van der Waals surface area (Å²) >= 11 is 1.78. The monoisotopic (exact) mass is 256 g/mol. The molecule has 0 saturated carbocycles. The smallest absolute Gasteiger partial charge is 0.168 e. The van der Waals surface area contributed by atoms with Crippen molar-refractivity contribution in [3.05, 3.63) is 28.6 Å². The summed E-state index contributed by atoms with van der Waals surface area (Å²) in [5.41, 5.74) is 2.94. The van der Waals surface area contributed by atoms with E-state index in [4.69, 9.17) is 4.74 Å². The minimum atomic E-state index is -0.198. The molecule has 0 aliphatic heterocycles. The second-order valence-electron chi connectivity index (χ2n) is 4.16. The van der Waals surface area contributed by atoms with Crippen LogP contribution in [0.15, 0.2) is 6.07 Å². The van der Waals surface area contributed by atoms with Crippen LogP contribution in [0.25, 0.3) is 0 Å². The van der Waals surface area contributed by atoms with Gasteiger partial charge < -0.3 is 4.74 Å². The third kappa shape index (κ3) is 3.63. The van der Waals surface area contributed by atoms with Crippen molar-refractivity contribution in [3.63, 3.8) is 0 Å². The fourth-order valence-electron chi connectivity index (χ4n) is 1.99. The second kappa shape index (κ2) is 6.90. The van der Waals surface area contributed by atoms with Gasteiger partial charge in [-0.1, -0.05) is 6.92 Å². The zero-order valence-corrected chi connectivity index (χ0v) is 11.9. The minimum absolute atomic E-state index is 0.198. The minimum Gasteiger partial charge on any atom is -0.490 e.